The van der Waals surface area contributed by atoms with Gasteiger partial charge in [0.2, 0.25) is 10.0 Å². The Hall–Kier alpha value is -2.55. The minimum atomic E-state index is -3.56. The number of piperidine rings is 1. The highest BCUT2D eigenvalue weighted by Crippen LogP contribution is 2.31. The van der Waals surface area contributed by atoms with E-state index < -0.39 is 10.0 Å². The third kappa shape index (κ3) is 4.88. The molecule has 3 aromatic rings. The van der Waals surface area contributed by atoms with Crippen LogP contribution in [-0.2, 0) is 10.0 Å². The number of carbonyl (C=O) groups excluding carboxylic acids is 1. The van der Waals surface area contributed by atoms with Gasteiger partial charge in [0.05, 0.1) is 10.6 Å². The van der Waals surface area contributed by atoms with E-state index in [1.807, 2.05) is 12.3 Å². The molecule has 0 bridgehead atoms. The predicted octanol–water partition coefficient (Wildman–Crippen LogP) is 5.55. The van der Waals surface area contributed by atoms with Crippen LogP contribution in [0, 0.1) is 20.8 Å². The Bertz CT molecular complexity index is 1260. The van der Waals surface area contributed by atoms with Crippen molar-refractivity contribution < 1.29 is 13.2 Å². The molecule has 0 aliphatic carbocycles. The van der Waals surface area contributed by atoms with Crippen LogP contribution in [0.2, 0.25) is 0 Å². The molecule has 1 aliphatic rings. The summed E-state index contributed by atoms with van der Waals surface area (Å²) in [6, 6.07) is 10.4. The molecule has 0 radical (unpaired) electrons. The van der Waals surface area contributed by atoms with Crippen LogP contribution in [-0.4, -0.2) is 36.2 Å². The summed E-state index contributed by atoms with van der Waals surface area (Å²) in [5.41, 5.74) is 5.81. The zero-order valence-corrected chi connectivity index (χ0v) is 21.0. The summed E-state index contributed by atoms with van der Waals surface area (Å²) in [6.07, 6.45) is 2.80. The van der Waals surface area contributed by atoms with Crippen LogP contribution in [0.15, 0.2) is 46.7 Å². The molecular formula is C25H29N3O3S2. The molecule has 0 saturated carbocycles. The highest BCUT2D eigenvalue weighted by Gasteiger charge is 2.31. The van der Waals surface area contributed by atoms with E-state index in [1.54, 1.807) is 16.4 Å². The molecule has 1 aliphatic heterocycles. The standard InChI is InChI=1S/C25H29N3O3S2/c1-16-13-17(2)23(18(3)14-16)22-15-32-25(26-22)27-24(29)20-8-10-21(11-9-20)33(30,31)28-12-6-5-7-19(28)4/h8-11,13-15,19H,5-7,12H2,1-4H3,(H,26,27,29)/t19-/m0/s1. The average Bonchev–Trinajstić information content (AvgIpc) is 3.21. The summed E-state index contributed by atoms with van der Waals surface area (Å²) < 4.78 is 27.6. The van der Waals surface area contributed by atoms with Gasteiger partial charge in [0.25, 0.3) is 5.91 Å². The van der Waals surface area contributed by atoms with Gasteiger partial charge in [-0.05, 0) is 75.9 Å². The Labute approximate surface area is 199 Å². The fraction of sp³-hybridized carbons (Fsp3) is 0.360. The van der Waals surface area contributed by atoms with E-state index in [-0.39, 0.29) is 16.8 Å². The van der Waals surface area contributed by atoms with Crippen LogP contribution in [0.5, 0.6) is 0 Å². The molecule has 2 heterocycles. The summed E-state index contributed by atoms with van der Waals surface area (Å²) in [5, 5.41) is 5.28. The third-order valence-corrected chi connectivity index (χ3v) is 8.91. The maximum Gasteiger partial charge on any atom is 0.257 e. The number of aromatic nitrogens is 1. The van der Waals surface area contributed by atoms with Gasteiger partial charge in [0.15, 0.2) is 5.13 Å². The normalized spacial score (nSPS) is 17.2. The monoisotopic (exact) mass is 483 g/mol. The zero-order chi connectivity index (χ0) is 23.8. The van der Waals surface area contributed by atoms with Crippen molar-refractivity contribution in [2.75, 3.05) is 11.9 Å². The third-order valence-electron chi connectivity index (χ3n) is 6.12. The van der Waals surface area contributed by atoms with E-state index in [9.17, 15) is 13.2 Å². The van der Waals surface area contributed by atoms with E-state index in [1.165, 1.54) is 29.0 Å². The number of carbonyl (C=O) groups is 1. The van der Waals surface area contributed by atoms with Gasteiger partial charge < -0.3 is 0 Å². The quantitative estimate of drug-likeness (QED) is 0.516. The molecule has 1 atom stereocenters. The van der Waals surface area contributed by atoms with Crippen LogP contribution in [0.4, 0.5) is 5.13 Å². The molecule has 1 saturated heterocycles. The molecule has 1 fully saturated rings. The molecule has 0 spiro atoms. The van der Waals surface area contributed by atoms with Gasteiger partial charge in [0, 0.05) is 29.1 Å². The van der Waals surface area contributed by atoms with Crippen molar-refractivity contribution in [3.8, 4) is 11.3 Å². The fourth-order valence-corrected chi connectivity index (χ4v) is 6.94. The molecule has 4 rings (SSSR count). The summed E-state index contributed by atoms with van der Waals surface area (Å²) in [4.78, 5) is 17.6. The lowest BCUT2D eigenvalue weighted by Crippen LogP contribution is -2.41. The van der Waals surface area contributed by atoms with Crippen LogP contribution in [0.3, 0.4) is 0 Å². The number of sulfonamides is 1. The zero-order valence-electron chi connectivity index (χ0n) is 19.4. The predicted molar refractivity (Wildman–Crippen MR) is 133 cm³/mol. The molecular weight excluding hydrogens is 454 g/mol. The Morgan fingerprint density at radius 1 is 1.09 bits per heavy atom. The lowest BCUT2D eigenvalue weighted by atomic mass is 9.98. The van der Waals surface area contributed by atoms with E-state index >= 15 is 0 Å². The van der Waals surface area contributed by atoms with Gasteiger partial charge in [-0.15, -0.1) is 11.3 Å². The number of hydrogen-bond donors (Lipinski definition) is 1. The minimum absolute atomic E-state index is 0.00775. The number of nitrogens with zero attached hydrogens (tertiary/aromatic N) is 2. The van der Waals surface area contributed by atoms with Crippen molar-refractivity contribution >= 4 is 32.4 Å². The van der Waals surface area contributed by atoms with Crippen molar-refractivity contribution in [2.45, 2.75) is 57.9 Å². The summed E-state index contributed by atoms with van der Waals surface area (Å²) in [6.45, 7) is 8.68. The Kier molecular flexibility index (Phi) is 6.70. The first kappa shape index (κ1) is 23.6. The molecule has 1 amide bonds. The van der Waals surface area contributed by atoms with Crippen LogP contribution >= 0.6 is 11.3 Å². The van der Waals surface area contributed by atoms with Gasteiger partial charge in [-0.2, -0.15) is 4.31 Å². The smallest absolute Gasteiger partial charge is 0.257 e. The van der Waals surface area contributed by atoms with E-state index in [0.717, 1.165) is 41.6 Å². The van der Waals surface area contributed by atoms with Crippen molar-refractivity contribution in [2.24, 2.45) is 0 Å². The topological polar surface area (TPSA) is 79.4 Å². The number of amides is 1. The number of benzene rings is 2. The summed E-state index contributed by atoms with van der Waals surface area (Å²) in [7, 11) is -3.56. The maximum atomic E-state index is 13.0. The van der Waals surface area contributed by atoms with Crippen molar-refractivity contribution in [1.29, 1.82) is 0 Å². The number of aryl methyl sites for hydroxylation is 3. The lowest BCUT2D eigenvalue weighted by molar-refractivity contribution is 0.102. The first-order valence-electron chi connectivity index (χ1n) is 11.1. The average molecular weight is 484 g/mol. The number of anilines is 1. The Morgan fingerprint density at radius 2 is 1.76 bits per heavy atom. The Morgan fingerprint density at radius 3 is 2.39 bits per heavy atom. The van der Waals surface area contributed by atoms with Crippen molar-refractivity contribution in [3.63, 3.8) is 0 Å². The molecule has 0 unspecified atom stereocenters. The first-order valence-corrected chi connectivity index (χ1v) is 13.5. The molecule has 174 valence electrons. The van der Waals surface area contributed by atoms with E-state index in [4.69, 9.17) is 0 Å². The number of thiazole rings is 1. The van der Waals surface area contributed by atoms with Gasteiger partial charge in [-0.3, -0.25) is 10.1 Å². The second-order valence-corrected chi connectivity index (χ2v) is 11.5. The van der Waals surface area contributed by atoms with Crippen molar-refractivity contribution in [3.05, 3.63) is 64.0 Å². The minimum Gasteiger partial charge on any atom is -0.298 e. The van der Waals surface area contributed by atoms with E-state index in [2.05, 4.69) is 43.2 Å². The molecule has 33 heavy (non-hydrogen) atoms. The molecule has 6 nitrogen and oxygen atoms in total. The van der Waals surface area contributed by atoms with Crippen LogP contribution in [0.25, 0.3) is 11.3 Å². The fourth-order valence-electron chi connectivity index (χ4n) is 4.54. The van der Waals surface area contributed by atoms with Gasteiger partial charge in [0.1, 0.15) is 0 Å². The number of rotatable bonds is 5. The van der Waals surface area contributed by atoms with E-state index in [0.29, 0.717) is 17.2 Å². The Balaban J connectivity index is 1.49. The summed E-state index contributed by atoms with van der Waals surface area (Å²) >= 11 is 1.37. The van der Waals surface area contributed by atoms with Crippen molar-refractivity contribution in [1.82, 2.24) is 9.29 Å². The molecule has 1 N–H and O–H groups in total. The number of nitrogens with one attached hydrogen (secondary N) is 1. The summed E-state index contributed by atoms with van der Waals surface area (Å²) in [5.74, 6) is -0.316. The second kappa shape index (κ2) is 9.37. The SMILES string of the molecule is Cc1cc(C)c(-c2csc(NC(=O)c3ccc(S(=O)(=O)N4CCCC[C@@H]4C)cc3)n2)c(C)c1. The second-order valence-electron chi connectivity index (χ2n) is 8.75. The maximum absolute atomic E-state index is 13.0. The van der Waals surface area contributed by atoms with Crippen LogP contribution in [0.1, 0.15) is 53.2 Å². The van der Waals surface area contributed by atoms with Crippen LogP contribution < -0.4 is 5.32 Å². The lowest BCUT2D eigenvalue weighted by Gasteiger charge is -2.32. The van der Waals surface area contributed by atoms with Gasteiger partial charge >= 0.3 is 0 Å². The molecule has 1 aromatic heterocycles. The molecule has 2 aromatic carbocycles. The molecule has 8 heteroatoms. The highest BCUT2D eigenvalue weighted by molar-refractivity contribution is 7.89. The number of hydrogen-bond acceptors (Lipinski definition) is 5. The van der Waals surface area contributed by atoms with Gasteiger partial charge in [-0.25, -0.2) is 13.4 Å². The largest absolute Gasteiger partial charge is 0.298 e. The highest BCUT2D eigenvalue weighted by atomic mass is 32.2. The van der Waals surface area contributed by atoms with Gasteiger partial charge in [-0.1, -0.05) is 24.1 Å². The first-order chi connectivity index (χ1) is 15.7.